The van der Waals surface area contributed by atoms with Gasteiger partial charge >= 0.3 is 0 Å². The lowest BCUT2D eigenvalue weighted by atomic mass is 10.2. The molecule has 0 radical (unpaired) electrons. The Balaban J connectivity index is 1.73. The summed E-state index contributed by atoms with van der Waals surface area (Å²) < 4.78 is 15.6. The van der Waals surface area contributed by atoms with E-state index in [1.165, 1.54) is 23.5 Å². The van der Waals surface area contributed by atoms with Gasteiger partial charge in [-0.15, -0.1) is 16.4 Å². The lowest BCUT2D eigenvalue weighted by molar-refractivity contribution is 0.0957. The van der Waals surface area contributed by atoms with Crippen LogP contribution in [0.2, 0.25) is 0 Å². The summed E-state index contributed by atoms with van der Waals surface area (Å²) in [5.74, 6) is -0.639. The molecule has 3 aromatic rings. The number of thiophene rings is 1. The van der Waals surface area contributed by atoms with Gasteiger partial charge in [-0.05, 0) is 18.2 Å². The number of carbonyl (C=O) groups excluding carboxylic acids is 1. The van der Waals surface area contributed by atoms with E-state index in [0.717, 1.165) is 4.70 Å². The maximum Gasteiger partial charge on any atom is 0.263 e. The second-order valence-electron chi connectivity index (χ2n) is 4.41. The Bertz CT molecular complexity index is 783. The number of amides is 1. The fourth-order valence-corrected chi connectivity index (χ4v) is 2.99. The molecule has 0 fully saturated rings. The van der Waals surface area contributed by atoms with Gasteiger partial charge in [0, 0.05) is 22.8 Å². The summed E-state index contributed by atoms with van der Waals surface area (Å²) in [6, 6.07) is 4.32. The number of halogens is 1. The van der Waals surface area contributed by atoms with E-state index < -0.39 is 0 Å². The van der Waals surface area contributed by atoms with Crippen molar-refractivity contribution >= 4 is 33.0 Å². The van der Waals surface area contributed by atoms with Gasteiger partial charge < -0.3 is 11.1 Å². The third kappa shape index (κ3) is 2.70. The van der Waals surface area contributed by atoms with E-state index in [0.29, 0.717) is 29.0 Å². The average molecular weight is 305 g/mol. The second-order valence-corrected chi connectivity index (χ2v) is 5.46. The quantitative estimate of drug-likeness (QED) is 0.767. The first-order valence-corrected chi connectivity index (χ1v) is 7.06. The molecule has 0 saturated heterocycles. The largest absolute Gasteiger partial charge is 0.397 e. The van der Waals surface area contributed by atoms with Gasteiger partial charge in [0.15, 0.2) is 0 Å². The number of aromatic nitrogens is 3. The summed E-state index contributed by atoms with van der Waals surface area (Å²) in [6.45, 7) is 0.926. The smallest absolute Gasteiger partial charge is 0.263 e. The highest BCUT2D eigenvalue weighted by molar-refractivity contribution is 7.21. The first-order chi connectivity index (χ1) is 10.1. The predicted molar refractivity (Wildman–Crippen MR) is 78.6 cm³/mol. The predicted octanol–water partition coefficient (Wildman–Crippen LogP) is 1.64. The molecule has 0 saturated carbocycles. The molecule has 3 rings (SSSR count). The van der Waals surface area contributed by atoms with Gasteiger partial charge in [-0.1, -0.05) is 5.21 Å². The Morgan fingerprint density at radius 3 is 3.10 bits per heavy atom. The minimum Gasteiger partial charge on any atom is -0.397 e. The SMILES string of the molecule is Nc1c(C(=O)NCCn2ccnn2)sc2ccc(F)cc12. The minimum atomic E-state index is -0.370. The number of rotatable bonds is 4. The lowest BCUT2D eigenvalue weighted by Crippen LogP contribution is -2.27. The van der Waals surface area contributed by atoms with E-state index in [4.69, 9.17) is 5.73 Å². The van der Waals surface area contributed by atoms with Crippen LogP contribution in [0.1, 0.15) is 9.67 Å². The molecule has 21 heavy (non-hydrogen) atoms. The molecule has 6 nitrogen and oxygen atoms in total. The van der Waals surface area contributed by atoms with Crippen molar-refractivity contribution in [2.24, 2.45) is 0 Å². The Morgan fingerprint density at radius 2 is 2.33 bits per heavy atom. The van der Waals surface area contributed by atoms with Crippen molar-refractivity contribution in [3.05, 3.63) is 41.3 Å². The van der Waals surface area contributed by atoms with Gasteiger partial charge in [0.25, 0.3) is 5.91 Å². The molecule has 1 aromatic carbocycles. The third-order valence-electron chi connectivity index (χ3n) is 2.99. The highest BCUT2D eigenvalue weighted by Gasteiger charge is 2.16. The maximum absolute atomic E-state index is 13.2. The lowest BCUT2D eigenvalue weighted by Gasteiger charge is -2.04. The highest BCUT2D eigenvalue weighted by atomic mass is 32.1. The van der Waals surface area contributed by atoms with Crippen LogP contribution < -0.4 is 11.1 Å². The van der Waals surface area contributed by atoms with Crippen molar-refractivity contribution in [1.29, 1.82) is 0 Å². The minimum absolute atomic E-state index is 0.269. The van der Waals surface area contributed by atoms with E-state index in [2.05, 4.69) is 15.6 Å². The number of nitrogen functional groups attached to an aromatic ring is 1. The molecule has 1 amide bonds. The Labute approximate surface area is 123 Å². The average Bonchev–Trinajstić information content (AvgIpc) is 3.08. The van der Waals surface area contributed by atoms with Crippen LogP contribution in [0.3, 0.4) is 0 Å². The Morgan fingerprint density at radius 1 is 1.48 bits per heavy atom. The monoisotopic (exact) mass is 305 g/mol. The molecule has 0 aliphatic rings. The second kappa shape index (κ2) is 5.49. The van der Waals surface area contributed by atoms with Crippen LogP contribution in [0.25, 0.3) is 10.1 Å². The van der Waals surface area contributed by atoms with Crippen LogP contribution in [0.5, 0.6) is 0 Å². The topological polar surface area (TPSA) is 85.8 Å². The van der Waals surface area contributed by atoms with Gasteiger partial charge in [-0.3, -0.25) is 9.48 Å². The number of anilines is 1. The molecule has 0 atom stereocenters. The van der Waals surface area contributed by atoms with Crippen molar-refractivity contribution in [1.82, 2.24) is 20.3 Å². The summed E-state index contributed by atoms with van der Waals surface area (Å²) >= 11 is 1.25. The maximum atomic E-state index is 13.2. The van der Waals surface area contributed by atoms with E-state index in [-0.39, 0.29) is 11.7 Å². The molecule has 0 bridgehead atoms. The van der Waals surface area contributed by atoms with Crippen LogP contribution >= 0.6 is 11.3 Å². The molecule has 108 valence electrons. The van der Waals surface area contributed by atoms with Crippen LogP contribution in [0.15, 0.2) is 30.6 Å². The summed E-state index contributed by atoms with van der Waals surface area (Å²) in [4.78, 5) is 12.5. The van der Waals surface area contributed by atoms with Crippen molar-refractivity contribution < 1.29 is 9.18 Å². The van der Waals surface area contributed by atoms with Gasteiger partial charge in [-0.25, -0.2) is 4.39 Å². The number of fused-ring (bicyclic) bond motifs is 1. The van der Waals surface area contributed by atoms with Gasteiger partial charge in [-0.2, -0.15) is 0 Å². The van der Waals surface area contributed by atoms with Crippen LogP contribution in [-0.4, -0.2) is 27.4 Å². The van der Waals surface area contributed by atoms with Gasteiger partial charge in [0.1, 0.15) is 10.7 Å². The van der Waals surface area contributed by atoms with Crippen LogP contribution in [0, 0.1) is 5.82 Å². The molecule has 0 aliphatic heterocycles. The number of nitrogens with zero attached hydrogens (tertiary/aromatic N) is 3. The number of nitrogens with two attached hydrogens (primary N) is 1. The van der Waals surface area contributed by atoms with Gasteiger partial charge in [0.2, 0.25) is 0 Å². The van der Waals surface area contributed by atoms with Crippen molar-refractivity contribution in [3.63, 3.8) is 0 Å². The Hall–Kier alpha value is -2.48. The fraction of sp³-hybridized carbons (Fsp3) is 0.154. The number of hydrogen-bond acceptors (Lipinski definition) is 5. The standard InChI is InChI=1S/C13H12FN5OS/c14-8-1-2-10-9(7-8)11(15)12(21-10)13(20)16-3-5-19-6-4-17-18-19/h1-2,4,6-7H,3,5,15H2,(H,16,20). The number of carbonyl (C=O) groups is 1. The summed E-state index contributed by atoms with van der Waals surface area (Å²) in [5.41, 5.74) is 6.24. The number of benzene rings is 1. The fourth-order valence-electron chi connectivity index (χ4n) is 1.97. The van der Waals surface area contributed by atoms with Crippen LogP contribution in [-0.2, 0) is 6.54 Å². The van der Waals surface area contributed by atoms with E-state index in [9.17, 15) is 9.18 Å². The van der Waals surface area contributed by atoms with Crippen molar-refractivity contribution in [2.75, 3.05) is 12.3 Å². The third-order valence-corrected chi connectivity index (χ3v) is 4.18. The summed E-state index contributed by atoms with van der Waals surface area (Å²) in [7, 11) is 0. The molecule has 2 heterocycles. The first kappa shape index (κ1) is 13.5. The molecular formula is C13H12FN5OS. The van der Waals surface area contributed by atoms with E-state index >= 15 is 0 Å². The molecule has 8 heteroatoms. The number of nitrogens with one attached hydrogen (secondary N) is 1. The van der Waals surface area contributed by atoms with Crippen molar-refractivity contribution in [3.8, 4) is 0 Å². The van der Waals surface area contributed by atoms with E-state index in [1.54, 1.807) is 23.1 Å². The van der Waals surface area contributed by atoms with Crippen LogP contribution in [0.4, 0.5) is 10.1 Å². The van der Waals surface area contributed by atoms with E-state index in [1.807, 2.05) is 0 Å². The zero-order valence-electron chi connectivity index (χ0n) is 10.9. The number of hydrogen-bond donors (Lipinski definition) is 2. The first-order valence-electron chi connectivity index (χ1n) is 6.25. The molecule has 0 aliphatic carbocycles. The molecular weight excluding hydrogens is 293 g/mol. The molecule has 0 spiro atoms. The van der Waals surface area contributed by atoms with Gasteiger partial charge in [0.05, 0.1) is 18.4 Å². The zero-order valence-corrected chi connectivity index (χ0v) is 11.7. The van der Waals surface area contributed by atoms with Crippen molar-refractivity contribution in [2.45, 2.75) is 6.54 Å². The summed E-state index contributed by atoms with van der Waals surface area (Å²) in [5, 5.41) is 10.8. The highest BCUT2D eigenvalue weighted by Crippen LogP contribution is 2.33. The Kier molecular flexibility index (Phi) is 3.53. The molecule has 0 unspecified atom stereocenters. The summed E-state index contributed by atoms with van der Waals surface area (Å²) in [6.07, 6.45) is 3.28. The normalized spacial score (nSPS) is 10.9. The molecule has 2 aromatic heterocycles. The zero-order chi connectivity index (χ0) is 14.8. The molecule has 3 N–H and O–H groups in total.